The number of amides is 2. The average molecular weight is 339 g/mol. The minimum Gasteiger partial charge on any atom is -0.477 e. The highest BCUT2D eigenvalue weighted by Gasteiger charge is 2.33. The highest BCUT2D eigenvalue weighted by Crippen LogP contribution is 2.34. The largest absolute Gasteiger partial charge is 0.477 e. The zero-order valence-electron chi connectivity index (χ0n) is 14.5. The van der Waals surface area contributed by atoms with Gasteiger partial charge in [-0.3, -0.25) is 9.59 Å². The van der Waals surface area contributed by atoms with Gasteiger partial charge >= 0.3 is 0 Å². The van der Waals surface area contributed by atoms with Gasteiger partial charge in [-0.05, 0) is 30.3 Å². The minimum atomic E-state index is -0.735. The second kappa shape index (κ2) is 6.84. The molecule has 0 aromatic heterocycles. The summed E-state index contributed by atoms with van der Waals surface area (Å²) < 4.78 is 5.75. The van der Waals surface area contributed by atoms with Gasteiger partial charge in [0.1, 0.15) is 5.75 Å². The first-order valence-electron chi connectivity index (χ1n) is 8.08. The Hall–Kier alpha value is -3.02. The van der Waals surface area contributed by atoms with E-state index in [9.17, 15) is 9.59 Å². The SMILES string of the molecule is CNC(=O)C1CN(C(=O)c2cccc(N(C)C)c2)c2ccccc2O1. The summed E-state index contributed by atoms with van der Waals surface area (Å²) in [6.45, 7) is 0.168. The third-order valence-electron chi connectivity index (χ3n) is 4.17. The number of fused-ring (bicyclic) bond motifs is 1. The Balaban J connectivity index is 1.98. The molecule has 3 rings (SSSR count). The van der Waals surface area contributed by atoms with Crippen molar-refractivity contribution in [3.05, 3.63) is 54.1 Å². The second-order valence-corrected chi connectivity index (χ2v) is 6.05. The lowest BCUT2D eigenvalue weighted by Gasteiger charge is -2.34. The summed E-state index contributed by atoms with van der Waals surface area (Å²) >= 11 is 0. The number of hydrogen-bond donors (Lipinski definition) is 1. The van der Waals surface area contributed by atoms with E-state index in [0.717, 1.165) is 5.69 Å². The summed E-state index contributed by atoms with van der Waals surface area (Å²) in [5, 5.41) is 2.58. The predicted octanol–water partition coefficient (Wildman–Crippen LogP) is 1.91. The summed E-state index contributed by atoms with van der Waals surface area (Å²) in [5.74, 6) is 0.113. The number of ether oxygens (including phenoxy) is 1. The molecule has 1 N–H and O–H groups in total. The van der Waals surface area contributed by atoms with E-state index in [4.69, 9.17) is 4.74 Å². The van der Waals surface area contributed by atoms with E-state index in [2.05, 4.69) is 5.32 Å². The molecular weight excluding hydrogens is 318 g/mol. The smallest absolute Gasteiger partial charge is 0.262 e. The van der Waals surface area contributed by atoms with Crippen LogP contribution in [0, 0.1) is 0 Å². The van der Waals surface area contributed by atoms with E-state index in [1.165, 1.54) is 0 Å². The Labute approximate surface area is 147 Å². The maximum absolute atomic E-state index is 13.1. The van der Waals surface area contributed by atoms with Gasteiger partial charge in [0.15, 0.2) is 6.10 Å². The number of carbonyl (C=O) groups is 2. The fourth-order valence-corrected chi connectivity index (χ4v) is 2.80. The molecule has 1 aliphatic rings. The molecule has 2 aromatic carbocycles. The monoisotopic (exact) mass is 339 g/mol. The lowest BCUT2D eigenvalue weighted by atomic mass is 10.1. The van der Waals surface area contributed by atoms with Crippen LogP contribution in [0.1, 0.15) is 10.4 Å². The number of carbonyl (C=O) groups excluding carboxylic acids is 2. The van der Waals surface area contributed by atoms with Crippen LogP contribution in [0.4, 0.5) is 11.4 Å². The molecule has 0 saturated heterocycles. The third-order valence-corrected chi connectivity index (χ3v) is 4.17. The molecule has 1 atom stereocenters. The normalized spacial score (nSPS) is 15.8. The molecule has 130 valence electrons. The summed E-state index contributed by atoms with van der Waals surface area (Å²) in [6.07, 6.45) is -0.735. The van der Waals surface area contributed by atoms with E-state index in [1.807, 2.05) is 55.4 Å². The van der Waals surface area contributed by atoms with Gasteiger partial charge in [-0.15, -0.1) is 0 Å². The number of likely N-dealkylation sites (N-methyl/N-ethyl adjacent to an activating group) is 1. The number of rotatable bonds is 3. The summed E-state index contributed by atoms with van der Waals surface area (Å²) in [4.78, 5) is 28.7. The Morgan fingerprint density at radius 1 is 1.16 bits per heavy atom. The van der Waals surface area contributed by atoms with E-state index < -0.39 is 6.10 Å². The van der Waals surface area contributed by atoms with Crippen LogP contribution >= 0.6 is 0 Å². The van der Waals surface area contributed by atoms with E-state index in [0.29, 0.717) is 17.0 Å². The predicted molar refractivity (Wildman–Crippen MR) is 97.4 cm³/mol. The van der Waals surface area contributed by atoms with Crippen molar-refractivity contribution >= 4 is 23.2 Å². The van der Waals surface area contributed by atoms with Crippen LogP contribution in [0.2, 0.25) is 0 Å². The van der Waals surface area contributed by atoms with Crippen molar-refractivity contribution in [2.24, 2.45) is 0 Å². The lowest BCUT2D eigenvalue weighted by molar-refractivity contribution is -0.127. The van der Waals surface area contributed by atoms with E-state index in [-0.39, 0.29) is 18.4 Å². The van der Waals surface area contributed by atoms with Crippen molar-refractivity contribution in [3.8, 4) is 5.75 Å². The highest BCUT2D eigenvalue weighted by atomic mass is 16.5. The molecule has 1 heterocycles. The van der Waals surface area contributed by atoms with E-state index in [1.54, 1.807) is 24.1 Å². The summed E-state index contributed by atoms with van der Waals surface area (Å²) in [7, 11) is 5.41. The summed E-state index contributed by atoms with van der Waals surface area (Å²) in [6, 6.07) is 14.7. The van der Waals surface area contributed by atoms with Gasteiger partial charge in [0.2, 0.25) is 0 Å². The Bertz CT molecular complexity index is 804. The topological polar surface area (TPSA) is 61.9 Å². The van der Waals surface area contributed by atoms with Crippen molar-refractivity contribution in [1.29, 1.82) is 0 Å². The molecule has 0 aliphatic carbocycles. The van der Waals surface area contributed by atoms with Gasteiger partial charge in [-0.1, -0.05) is 18.2 Å². The molecule has 1 aliphatic heterocycles. The van der Waals surface area contributed by atoms with Crippen LogP contribution in [-0.2, 0) is 4.79 Å². The highest BCUT2D eigenvalue weighted by molar-refractivity contribution is 6.08. The van der Waals surface area contributed by atoms with Crippen LogP contribution in [0.15, 0.2) is 48.5 Å². The van der Waals surface area contributed by atoms with E-state index >= 15 is 0 Å². The van der Waals surface area contributed by atoms with Crippen molar-refractivity contribution in [2.75, 3.05) is 37.5 Å². The zero-order chi connectivity index (χ0) is 18.0. The maximum atomic E-state index is 13.1. The molecule has 1 unspecified atom stereocenters. The van der Waals surface area contributed by atoms with Crippen molar-refractivity contribution < 1.29 is 14.3 Å². The number of para-hydroxylation sites is 2. The fraction of sp³-hybridized carbons (Fsp3) is 0.263. The van der Waals surface area contributed by atoms with Crippen molar-refractivity contribution in [1.82, 2.24) is 5.32 Å². The van der Waals surface area contributed by atoms with Gasteiger partial charge < -0.3 is 19.9 Å². The number of hydrogen-bond acceptors (Lipinski definition) is 4. The standard InChI is InChI=1S/C19H21N3O3/c1-20-18(23)17-12-22(15-9-4-5-10-16(15)25-17)19(24)13-7-6-8-14(11-13)21(2)3/h4-11,17H,12H2,1-3H3,(H,20,23). The molecule has 2 amide bonds. The van der Waals surface area contributed by atoms with Gasteiger partial charge in [0.05, 0.1) is 12.2 Å². The first kappa shape index (κ1) is 16.8. The lowest BCUT2D eigenvalue weighted by Crippen LogP contribution is -2.50. The van der Waals surface area contributed by atoms with Gasteiger partial charge in [-0.25, -0.2) is 0 Å². The van der Waals surface area contributed by atoms with Crippen LogP contribution in [0.3, 0.4) is 0 Å². The second-order valence-electron chi connectivity index (χ2n) is 6.05. The minimum absolute atomic E-state index is 0.159. The first-order valence-corrected chi connectivity index (χ1v) is 8.08. The molecular formula is C19H21N3O3. The molecule has 0 bridgehead atoms. The van der Waals surface area contributed by atoms with Crippen molar-refractivity contribution in [3.63, 3.8) is 0 Å². The number of anilines is 2. The Morgan fingerprint density at radius 3 is 2.64 bits per heavy atom. The third kappa shape index (κ3) is 3.28. The number of nitrogens with one attached hydrogen (secondary N) is 1. The van der Waals surface area contributed by atoms with Crippen LogP contribution in [0.25, 0.3) is 0 Å². The maximum Gasteiger partial charge on any atom is 0.262 e. The van der Waals surface area contributed by atoms with Gasteiger partial charge in [-0.2, -0.15) is 0 Å². The molecule has 0 radical (unpaired) electrons. The van der Waals surface area contributed by atoms with Crippen molar-refractivity contribution in [2.45, 2.75) is 6.10 Å². The molecule has 6 nitrogen and oxygen atoms in total. The van der Waals surface area contributed by atoms with Crippen LogP contribution in [0.5, 0.6) is 5.75 Å². The number of benzene rings is 2. The average Bonchev–Trinajstić information content (AvgIpc) is 2.65. The van der Waals surface area contributed by atoms with Crippen LogP contribution < -0.4 is 19.9 Å². The Morgan fingerprint density at radius 2 is 1.92 bits per heavy atom. The Kier molecular flexibility index (Phi) is 4.61. The fourth-order valence-electron chi connectivity index (χ4n) is 2.80. The molecule has 0 saturated carbocycles. The van der Waals surface area contributed by atoms with Gasteiger partial charge in [0.25, 0.3) is 11.8 Å². The summed E-state index contributed by atoms with van der Waals surface area (Å²) in [5.41, 5.74) is 2.18. The number of nitrogens with zero attached hydrogens (tertiary/aromatic N) is 2. The molecule has 0 spiro atoms. The molecule has 0 fully saturated rings. The van der Waals surface area contributed by atoms with Crippen LogP contribution in [-0.4, -0.2) is 45.6 Å². The molecule has 2 aromatic rings. The molecule has 25 heavy (non-hydrogen) atoms. The molecule has 6 heteroatoms. The van der Waals surface area contributed by atoms with Gasteiger partial charge in [0, 0.05) is 32.4 Å². The quantitative estimate of drug-likeness (QED) is 0.928. The first-order chi connectivity index (χ1) is 12.0. The zero-order valence-corrected chi connectivity index (χ0v) is 14.5.